The number of carbonyl (C=O) groups is 1. The van der Waals surface area contributed by atoms with E-state index in [4.69, 9.17) is 4.74 Å². The molecule has 4 nitrogen and oxygen atoms in total. The van der Waals surface area contributed by atoms with Gasteiger partial charge in [0, 0.05) is 23.1 Å². The largest absolute Gasteiger partial charge is 0.491 e. The van der Waals surface area contributed by atoms with Crippen LogP contribution in [0.25, 0.3) is 5.69 Å². The van der Waals surface area contributed by atoms with Gasteiger partial charge in [0.05, 0.1) is 22.9 Å². The molecular formula is C23H23F3N2O2. The Morgan fingerprint density at radius 2 is 1.73 bits per heavy atom. The van der Waals surface area contributed by atoms with Gasteiger partial charge in [-0.1, -0.05) is 18.2 Å². The number of aromatic nitrogens is 1. The number of ether oxygens (including phenoxy) is 1. The zero-order valence-electron chi connectivity index (χ0n) is 17.2. The van der Waals surface area contributed by atoms with Gasteiger partial charge in [0.15, 0.2) is 0 Å². The van der Waals surface area contributed by atoms with Crippen molar-refractivity contribution in [2.45, 2.75) is 40.0 Å². The number of hydrogen-bond acceptors (Lipinski definition) is 2. The Kier molecular flexibility index (Phi) is 5.92. The van der Waals surface area contributed by atoms with E-state index in [-0.39, 0.29) is 11.8 Å². The fraction of sp³-hybridized carbons (Fsp3) is 0.261. The summed E-state index contributed by atoms with van der Waals surface area (Å²) in [5, 5.41) is 2.80. The Balaban J connectivity index is 1.95. The summed E-state index contributed by atoms with van der Waals surface area (Å²) >= 11 is 0. The number of nitrogens with zero attached hydrogens (tertiary/aromatic N) is 1. The molecule has 0 aliphatic rings. The molecule has 1 heterocycles. The number of rotatable bonds is 5. The number of carbonyl (C=O) groups excluding carboxylic acids is 1. The van der Waals surface area contributed by atoms with Crippen LogP contribution in [0.1, 0.15) is 41.2 Å². The van der Waals surface area contributed by atoms with E-state index >= 15 is 0 Å². The lowest BCUT2D eigenvalue weighted by Crippen LogP contribution is -2.15. The molecule has 0 saturated carbocycles. The Labute approximate surface area is 173 Å². The third-order valence-corrected chi connectivity index (χ3v) is 4.59. The van der Waals surface area contributed by atoms with Crippen LogP contribution in [0.15, 0.2) is 54.6 Å². The minimum Gasteiger partial charge on any atom is -0.491 e. The molecule has 1 N–H and O–H groups in total. The highest BCUT2D eigenvalue weighted by atomic mass is 19.4. The van der Waals surface area contributed by atoms with E-state index in [1.165, 1.54) is 16.7 Å². The molecular weight excluding hydrogens is 393 g/mol. The number of benzene rings is 2. The smallest absolute Gasteiger partial charge is 0.418 e. The molecule has 1 amide bonds. The van der Waals surface area contributed by atoms with Gasteiger partial charge >= 0.3 is 6.18 Å². The van der Waals surface area contributed by atoms with Crippen LogP contribution in [0, 0.1) is 13.8 Å². The highest BCUT2D eigenvalue weighted by Crippen LogP contribution is 2.35. The van der Waals surface area contributed by atoms with Crippen molar-refractivity contribution in [2.75, 3.05) is 5.32 Å². The van der Waals surface area contributed by atoms with Crippen molar-refractivity contribution in [3.63, 3.8) is 0 Å². The summed E-state index contributed by atoms with van der Waals surface area (Å²) in [5.74, 6) is 0.216. The third kappa shape index (κ3) is 4.50. The molecule has 0 aliphatic heterocycles. The molecule has 3 aromatic rings. The Hall–Kier alpha value is -3.22. The standard InChI is InChI=1S/C23H23F3N2O2/c1-14(2)30-18-9-7-8-17(13-18)27-22(29)19-12-15(3)28(16(19)4)21-11-6-5-10-20(21)23(24,25)26/h5-14H,1-4H3,(H,27,29). The number of nitrogens with one attached hydrogen (secondary N) is 1. The first-order valence-electron chi connectivity index (χ1n) is 9.51. The molecule has 0 saturated heterocycles. The van der Waals surface area contributed by atoms with Crippen LogP contribution in [-0.2, 0) is 6.18 Å². The lowest BCUT2D eigenvalue weighted by Gasteiger charge is -2.17. The predicted octanol–water partition coefficient (Wildman–Crippen LogP) is 6.15. The summed E-state index contributed by atoms with van der Waals surface area (Å²) in [6.07, 6.45) is -4.51. The fourth-order valence-corrected chi connectivity index (χ4v) is 3.39. The molecule has 1 aromatic heterocycles. The van der Waals surface area contributed by atoms with E-state index in [2.05, 4.69) is 5.32 Å². The van der Waals surface area contributed by atoms with Crippen molar-refractivity contribution in [2.24, 2.45) is 0 Å². The van der Waals surface area contributed by atoms with Crippen LogP contribution in [0.5, 0.6) is 5.75 Å². The molecule has 30 heavy (non-hydrogen) atoms. The first kappa shape index (κ1) is 21.5. The molecule has 7 heteroatoms. The van der Waals surface area contributed by atoms with E-state index in [1.54, 1.807) is 50.2 Å². The number of halogens is 3. The van der Waals surface area contributed by atoms with Crippen LogP contribution >= 0.6 is 0 Å². The molecule has 0 aliphatic carbocycles. The van der Waals surface area contributed by atoms with Crippen LogP contribution in [-0.4, -0.2) is 16.6 Å². The first-order valence-corrected chi connectivity index (χ1v) is 9.51. The lowest BCUT2D eigenvalue weighted by atomic mass is 10.1. The van der Waals surface area contributed by atoms with E-state index in [9.17, 15) is 18.0 Å². The van der Waals surface area contributed by atoms with Crippen LogP contribution < -0.4 is 10.1 Å². The van der Waals surface area contributed by atoms with Gasteiger partial charge in [-0.05, 0) is 58.0 Å². The summed E-state index contributed by atoms with van der Waals surface area (Å²) in [6, 6.07) is 13.9. The maximum Gasteiger partial charge on any atom is 0.418 e. The van der Waals surface area contributed by atoms with Crippen molar-refractivity contribution < 1.29 is 22.7 Å². The van der Waals surface area contributed by atoms with Gasteiger partial charge in [-0.25, -0.2) is 0 Å². The molecule has 0 fully saturated rings. The number of para-hydroxylation sites is 1. The van der Waals surface area contributed by atoms with Crippen molar-refractivity contribution in [3.05, 3.63) is 77.1 Å². The van der Waals surface area contributed by atoms with E-state index in [0.29, 0.717) is 28.4 Å². The SMILES string of the molecule is Cc1cc(C(=O)Nc2cccc(OC(C)C)c2)c(C)n1-c1ccccc1C(F)(F)F. The highest BCUT2D eigenvalue weighted by Gasteiger charge is 2.34. The van der Waals surface area contributed by atoms with Crippen molar-refractivity contribution in [1.29, 1.82) is 0 Å². The van der Waals surface area contributed by atoms with Crippen LogP contribution in [0.3, 0.4) is 0 Å². The Morgan fingerprint density at radius 1 is 1.03 bits per heavy atom. The summed E-state index contributed by atoms with van der Waals surface area (Å²) in [7, 11) is 0. The van der Waals surface area contributed by atoms with Crippen LogP contribution in [0.2, 0.25) is 0 Å². The molecule has 0 radical (unpaired) electrons. The van der Waals surface area contributed by atoms with Crippen molar-refractivity contribution >= 4 is 11.6 Å². The second kappa shape index (κ2) is 8.26. The maximum atomic E-state index is 13.5. The normalized spacial score (nSPS) is 11.6. The molecule has 158 valence electrons. The van der Waals surface area contributed by atoms with Gasteiger partial charge < -0.3 is 14.6 Å². The lowest BCUT2D eigenvalue weighted by molar-refractivity contribution is -0.137. The average molecular weight is 416 g/mol. The van der Waals surface area contributed by atoms with E-state index < -0.39 is 17.6 Å². The highest BCUT2D eigenvalue weighted by molar-refractivity contribution is 6.05. The Bertz CT molecular complexity index is 1070. The third-order valence-electron chi connectivity index (χ3n) is 4.59. The monoisotopic (exact) mass is 416 g/mol. The fourth-order valence-electron chi connectivity index (χ4n) is 3.39. The minimum absolute atomic E-state index is 0.00798. The van der Waals surface area contributed by atoms with E-state index in [1.807, 2.05) is 13.8 Å². The zero-order chi connectivity index (χ0) is 22.1. The van der Waals surface area contributed by atoms with Crippen molar-refractivity contribution in [3.8, 4) is 11.4 Å². The summed E-state index contributed by atoms with van der Waals surface area (Å²) < 4.78 is 47.5. The molecule has 2 aromatic carbocycles. The predicted molar refractivity (Wildman–Crippen MR) is 110 cm³/mol. The molecule has 0 atom stereocenters. The van der Waals surface area contributed by atoms with Crippen molar-refractivity contribution in [1.82, 2.24) is 4.57 Å². The van der Waals surface area contributed by atoms with Gasteiger partial charge in [-0.2, -0.15) is 13.2 Å². The second-order valence-corrected chi connectivity index (χ2v) is 7.28. The molecule has 0 unspecified atom stereocenters. The summed E-state index contributed by atoms with van der Waals surface area (Å²) in [5.41, 5.74) is 1.05. The zero-order valence-corrected chi connectivity index (χ0v) is 17.2. The van der Waals surface area contributed by atoms with Gasteiger partial charge in [0.25, 0.3) is 5.91 Å². The van der Waals surface area contributed by atoms with Gasteiger partial charge in [-0.15, -0.1) is 0 Å². The molecule has 0 bridgehead atoms. The van der Waals surface area contributed by atoms with Gasteiger partial charge in [0.1, 0.15) is 5.75 Å². The minimum atomic E-state index is -4.50. The average Bonchev–Trinajstić information content (AvgIpc) is 2.95. The number of anilines is 1. The number of aryl methyl sites for hydroxylation is 1. The maximum absolute atomic E-state index is 13.5. The second-order valence-electron chi connectivity index (χ2n) is 7.28. The summed E-state index contributed by atoms with van der Waals surface area (Å²) in [4.78, 5) is 12.9. The Morgan fingerprint density at radius 3 is 2.40 bits per heavy atom. The number of hydrogen-bond donors (Lipinski definition) is 1. The number of amides is 1. The number of alkyl halides is 3. The molecule has 3 rings (SSSR count). The summed E-state index contributed by atoms with van der Waals surface area (Å²) in [6.45, 7) is 7.11. The quantitative estimate of drug-likeness (QED) is 0.542. The first-order chi connectivity index (χ1) is 14.1. The topological polar surface area (TPSA) is 43.3 Å². The van der Waals surface area contributed by atoms with E-state index in [0.717, 1.165) is 6.07 Å². The van der Waals surface area contributed by atoms with Gasteiger partial charge in [0.2, 0.25) is 0 Å². The van der Waals surface area contributed by atoms with Gasteiger partial charge in [-0.3, -0.25) is 4.79 Å². The molecule has 0 spiro atoms. The van der Waals surface area contributed by atoms with Crippen LogP contribution in [0.4, 0.5) is 18.9 Å².